The third-order valence-electron chi connectivity index (χ3n) is 2.84. The van der Waals surface area contributed by atoms with Crippen molar-refractivity contribution in [1.29, 1.82) is 0 Å². The molecule has 0 atom stereocenters. The average Bonchev–Trinajstić information content (AvgIpc) is 2.57. The second-order valence-corrected chi connectivity index (χ2v) is 5.28. The number of hydrogen-bond donors (Lipinski definition) is 1. The first-order valence-electron chi connectivity index (χ1n) is 5.72. The molecule has 3 heteroatoms. The van der Waals surface area contributed by atoms with E-state index in [0.29, 0.717) is 0 Å². The molecule has 0 unspecified atom stereocenters. The predicted molar refractivity (Wildman–Crippen MR) is 69.8 cm³/mol. The lowest BCUT2D eigenvalue weighted by Crippen LogP contribution is -2.10. The molecule has 0 aliphatic rings. The first-order valence-corrected chi connectivity index (χ1v) is 5.72. The summed E-state index contributed by atoms with van der Waals surface area (Å²) in [4.78, 5) is 4.18. The number of nitrogen functional groups attached to an aromatic ring is 1. The van der Waals surface area contributed by atoms with Crippen LogP contribution in [0.2, 0.25) is 0 Å². The number of hydrogen-bond acceptors (Lipinski definition) is 3. The van der Waals surface area contributed by atoms with Gasteiger partial charge < -0.3 is 10.2 Å². The Bertz CT molecular complexity index is 518. The van der Waals surface area contributed by atoms with Crippen molar-refractivity contribution in [3.63, 3.8) is 0 Å². The van der Waals surface area contributed by atoms with E-state index in [1.807, 2.05) is 6.92 Å². The number of oxazole rings is 1. The van der Waals surface area contributed by atoms with Gasteiger partial charge in [-0.1, -0.05) is 45.0 Å². The lowest BCUT2D eigenvalue weighted by Gasteiger charge is -2.18. The van der Waals surface area contributed by atoms with E-state index in [0.717, 1.165) is 17.0 Å². The zero-order valence-corrected chi connectivity index (χ0v) is 10.7. The Morgan fingerprint density at radius 2 is 1.71 bits per heavy atom. The van der Waals surface area contributed by atoms with Gasteiger partial charge in [0.2, 0.25) is 0 Å². The summed E-state index contributed by atoms with van der Waals surface area (Å²) in [5.74, 6) is 0.756. The third kappa shape index (κ3) is 2.33. The van der Waals surface area contributed by atoms with Crippen molar-refractivity contribution >= 4 is 6.01 Å². The molecule has 2 rings (SSSR count). The van der Waals surface area contributed by atoms with E-state index in [1.165, 1.54) is 5.56 Å². The Balaban J connectivity index is 2.39. The van der Waals surface area contributed by atoms with E-state index in [2.05, 4.69) is 50.0 Å². The van der Waals surface area contributed by atoms with Gasteiger partial charge in [-0.2, -0.15) is 4.98 Å². The molecule has 0 aliphatic heterocycles. The largest absolute Gasteiger partial charge is 0.429 e. The normalized spacial score (nSPS) is 11.8. The molecule has 2 N–H and O–H groups in total. The van der Waals surface area contributed by atoms with Crippen molar-refractivity contribution in [3.05, 3.63) is 35.6 Å². The molecule has 1 heterocycles. The van der Waals surface area contributed by atoms with Crippen molar-refractivity contribution in [1.82, 2.24) is 4.98 Å². The molecular formula is C14H18N2O. The van der Waals surface area contributed by atoms with Gasteiger partial charge in [0.25, 0.3) is 6.01 Å². The molecule has 0 aliphatic carbocycles. The van der Waals surface area contributed by atoms with Gasteiger partial charge in [0, 0.05) is 5.56 Å². The van der Waals surface area contributed by atoms with Crippen LogP contribution in [0, 0.1) is 6.92 Å². The highest BCUT2D eigenvalue weighted by molar-refractivity contribution is 5.62. The van der Waals surface area contributed by atoms with Gasteiger partial charge in [-0.25, -0.2) is 0 Å². The first-order chi connectivity index (χ1) is 7.88. The molecule has 1 aromatic heterocycles. The van der Waals surface area contributed by atoms with Gasteiger partial charge in [0.05, 0.1) is 0 Å². The molecule has 0 amide bonds. The van der Waals surface area contributed by atoms with Gasteiger partial charge in [0.1, 0.15) is 11.5 Å². The summed E-state index contributed by atoms with van der Waals surface area (Å²) in [5.41, 5.74) is 8.86. The minimum absolute atomic E-state index is 0.163. The Labute approximate surface area is 102 Å². The van der Waals surface area contributed by atoms with E-state index in [4.69, 9.17) is 10.2 Å². The van der Waals surface area contributed by atoms with Crippen LogP contribution < -0.4 is 5.73 Å². The zero-order chi connectivity index (χ0) is 12.6. The summed E-state index contributed by atoms with van der Waals surface area (Å²) in [6.07, 6.45) is 0. The fraction of sp³-hybridized carbons (Fsp3) is 0.357. The summed E-state index contributed by atoms with van der Waals surface area (Å²) in [7, 11) is 0. The van der Waals surface area contributed by atoms with Gasteiger partial charge >= 0.3 is 0 Å². The summed E-state index contributed by atoms with van der Waals surface area (Å²) in [6.45, 7) is 8.46. The predicted octanol–water partition coefficient (Wildman–Crippen LogP) is 3.53. The van der Waals surface area contributed by atoms with E-state index >= 15 is 0 Å². The molecule has 90 valence electrons. The van der Waals surface area contributed by atoms with E-state index < -0.39 is 0 Å². The van der Waals surface area contributed by atoms with Crippen molar-refractivity contribution in [3.8, 4) is 11.3 Å². The van der Waals surface area contributed by atoms with Crippen LogP contribution in [0.15, 0.2) is 28.7 Å². The lowest BCUT2D eigenvalue weighted by atomic mass is 9.86. The minimum atomic E-state index is 0.163. The number of anilines is 1. The molecular weight excluding hydrogens is 212 g/mol. The molecule has 0 fully saturated rings. The van der Waals surface area contributed by atoms with Crippen LogP contribution in [0.1, 0.15) is 32.1 Å². The molecule has 17 heavy (non-hydrogen) atoms. The highest BCUT2D eigenvalue weighted by Gasteiger charge is 2.14. The van der Waals surface area contributed by atoms with Gasteiger partial charge in [-0.05, 0) is 17.9 Å². The van der Waals surface area contributed by atoms with Crippen LogP contribution in [-0.2, 0) is 5.41 Å². The van der Waals surface area contributed by atoms with E-state index in [-0.39, 0.29) is 11.4 Å². The standard InChI is InChI=1S/C14H18N2O/c1-9-12(16-13(15)17-9)10-5-7-11(8-6-10)14(2,3)4/h5-8H,1-4H3,(H2,15,16). The average molecular weight is 230 g/mol. The van der Waals surface area contributed by atoms with E-state index in [9.17, 15) is 0 Å². The Hall–Kier alpha value is -1.77. The summed E-state index contributed by atoms with van der Waals surface area (Å²) >= 11 is 0. The number of nitrogens with zero attached hydrogens (tertiary/aromatic N) is 1. The van der Waals surface area contributed by atoms with Crippen LogP contribution in [0.4, 0.5) is 6.01 Å². The Kier molecular flexibility index (Phi) is 2.69. The molecule has 1 aromatic carbocycles. The summed E-state index contributed by atoms with van der Waals surface area (Å²) < 4.78 is 5.23. The van der Waals surface area contributed by atoms with Crippen molar-refractivity contribution in [2.24, 2.45) is 0 Å². The van der Waals surface area contributed by atoms with Crippen molar-refractivity contribution in [2.45, 2.75) is 33.1 Å². The van der Waals surface area contributed by atoms with Crippen molar-refractivity contribution < 1.29 is 4.42 Å². The lowest BCUT2D eigenvalue weighted by molar-refractivity contribution is 0.549. The van der Waals surface area contributed by atoms with Gasteiger partial charge in [-0.15, -0.1) is 0 Å². The fourth-order valence-corrected chi connectivity index (χ4v) is 1.81. The highest BCUT2D eigenvalue weighted by Crippen LogP contribution is 2.28. The maximum absolute atomic E-state index is 5.54. The van der Waals surface area contributed by atoms with Crippen LogP contribution in [-0.4, -0.2) is 4.98 Å². The van der Waals surface area contributed by atoms with Crippen LogP contribution in [0.5, 0.6) is 0 Å². The number of rotatable bonds is 1. The molecule has 0 radical (unpaired) electrons. The quantitative estimate of drug-likeness (QED) is 0.815. The number of nitrogens with two attached hydrogens (primary N) is 1. The molecule has 0 saturated carbocycles. The fourth-order valence-electron chi connectivity index (χ4n) is 1.81. The molecule has 0 saturated heterocycles. The second kappa shape index (κ2) is 3.91. The van der Waals surface area contributed by atoms with Gasteiger partial charge in [0.15, 0.2) is 0 Å². The number of benzene rings is 1. The molecule has 0 bridgehead atoms. The smallest absolute Gasteiger partial charge is 0.292 e. The highest BCUT2D eigenvalue weighted by atomic mass is 16.4. The topological polar surface area (TPSA) is 52.0 Å². The molecule has 3 nitrogen and oxygen atoms in total. The summed E-state index contributed by atoms with van der Waals surface area (Å²) in [5, 5.41) is 0. The van der Waals surface area contributed by atoms with Crippen LogP contribution >= 0.6 is 0 Å². The van der Waals surface area contributed by atoms with E-state index in [1.54, 1.807) is 0 Å². The summed E-state index contributed by atoms with van der Waals surface area (Å²) in [6, 6.07) is 8.59. The molecule has 2 aromatic rings. The molecule has 0 spiro atoms. The van der Waals surface area contributed by atoms with Crippen LogP contribution in [0.25, 0.3) is 11.3 Å². The Morgan fingerprint density at radius 1 is 1.12 bits per heavy atom. The van der Waals surface area contributed by atoms with Crippen LogP contribution in [0.3, 0.4) is 0 Å². The second-order valence-electron chi connectivity index (χ2n) is 5.28. The Morgan fingerprint density at radius 3 is 2.12 bits per heavy atom. The first kappa shape index (κ1) is 11.7. The SMILES string of the molecule is Cc1oc(N)nc1-c1ccc(C(C)(C)C)cc1. The zero-order valence-electron chi connectivity index (χ0n) is 10.7. The number of aromatic nitrogens is 1. The number of aryl methyl sites for hydroxylation is 1. The monoisotopic (exact) mass is 230 g/mol. The minimum Gasteiger partial charge on any atom is -0.429 e. The maximum Gasteiger partial charge on any atom is 0.292 e. The maximum atomic E-state index is 5.54. The third-order valence-corrected chi connectivity index (χ3v) is 2.84. The van der Waals surface area contributed by atoms with Crippen molar-refractivity contribution in [2.75, 3.05) is 5.73 Å². The van der Waals surface area contributed by atoms with Gasteiger partial charge in [-0.3, -0.25) is 0 Å².